The molecule has 19 heavy (non-hydrogen) atoms. The molecular formula is C10H8F2N4O3. The second-order valence-corrected chi connectivity index (χ2v) is 3.58. The highest BCUT2D eigenvalue weighted by atomic mass is 19.2. The molecule has 0 saturated heterocycles. The number of nitro groups is 1. The molecule has 0 aliphatic heterocycles. The molecule has 0 spiro atoms. The van der Waals surface area contributed by atoms with Gasteiger partial charge in [0.2, 0.25) is 5.89 Å². The van der Waals surface area contributed by atoms with Crippen LogP contribution in [0.5, 0.6) is 0 Å². The van der Waals surface area contributed by atoms with Gasteiger partial charge in [-0.15, -0.1) is 10.2 Å². The Morgan fingerprint density at radius 3 is 2.63 bits per heavy atom. The Bertz CT molecular complexity index is 629. The highest BCUT2D eigenvalue weighted by Crippen LogP contribution is 2.30. The molecule has 2 N–H and O–H groups in total. The van der Waals surface area contributed by atoms with Gasteiger partial charge in [-0.1, -0.05) is 0 Å². The number of halogens is 2. The van der Waals surface area contributed by atoms with Crippen molar-refractivity contribution in [2.45, 2.75) is 6.42 Å². The number of hydrogen-bond acceptors (Lipinski definition) is 6. The molecule has 2 aromatic rings. The molecule has 0 saturated carbocycles. The van der Waals surface area contributed by atoms with Gasteiger partial charge in [-0.2, -0.15) is 0 Å². The van der Waals surface area contributed by atoms with E-state index >= 15 is 0 Å². The Labute approximate surface area is 105 Å². The van der Waals surface area contributed by atoms with E-state index in [1.54, 1.807) is 0 Å². The van der Waals surface area contributed by atoms with Crippen molar-refractivity contribution in [2.75, 3.05) is 6.54 Å². The highest BCUT2D eigenvalue weighted by Gasteiger charge is 2.23. The first-order valence-corrected chi connectivity index (χ1v) is 5.19. The number of benzene rings is 1. The molecule has 0 radical (unpaired) electrons. The van der Waals surface area contributed by atoms with Crippen LogP contribution in [0.1, 0.15) is 5.89 Å². The van der Waals surface area contributed by atoms with E-state index in [0.717, 1.165) is 0 Å². The van der Waals surface area contributed by atoms with Crippen LogP contribution in [0.2, 0.25) is 0 Å². The first-order chi connectivity index (χ1) is 9.02. The summed E-state index contributed by atoms with van der Waals surface area (Å²) < 4.78 is 31.3. The van der Waals surface area contributed by atoms with Gasteiger partial charge in [0.05, 0.1) is 11.0 Å². The summed E-state index contributed by atoms with van der Waals surface area (Å²) in [5.41, 5.74) is 4.36. The molecule has 1 heterocycles. The van der Waals surface area contributed by atoms with Crippen molar-refractivity contribution in [3.05, 3.63) is 39.8 Å². The third-order valence-electron chi connectivity index (χ3n) is 2.29. The standard InChI is InChI=1S/C10H8F2N4O3/c11-6-3-5(8(16(17)18)4-7(6)12)10-15-14-9(19-10)1-2-13/h3-4H,1-2,13H2. The summed E-state index contributed by atoms with van der Waals surface area (Å²) in [5.74, 6) is -2.65. The van der Waals surface area contributed by atoms with E-state index in [-0.39, 0.29) is 30.3 Å². The van der Waals surface area contributed by atoms with Gasteiger partial charge in [0.25, 0.3) is 11.6 Å². The lowest BCUT2D eigenvalue weighted by molar-refractivity contribution is -0.384. The maximum atomic E-state index is 13.2. The lowest BCUT2D eigenvalue weighted by atomic mass is 10.1. The molecule has 7 nitrogen and oxygen atoms in total. The molecule has 1 aromatic heterocycles. The molecule has 0 unspecified atom stereocenters. The van der Waals surface area contributed by atoms with Crippen LogP contribution < -0.4 is 5.73 Å². The summed E-state index contributed by atoms with van der Waals surface area (Å²) in [5, 5.41) is 18.0. The van der Waals surface area contributed by atoms with E-state index in [1.807, 2.05) is 0 Å². The zero-order valence-electron chi connectivity index (χ0n) is 9.47. The van der Waals surface area contributed by atoms with Crippen LogP contribution in [0.15, 0.2) is 16.5 Å². The zero-order chi connectivity index (χ0) is 14.0. The maximum Gasteiger partial charge on any atom is 0.285 e. The predicted octanol–water partition coefficient (Wildman–Crippen LogP) is 1.42. The summed E-state index contributed by atoms with van der Waals surface area (Å²) in [4.78, 5) is 9.94. The Morgan fingerprint density at radius 2 is 2.00 bits per heavy atom. The van der Waals surface area contributed by atoms with Gasteiger partial charge >= 0.3 is 0 Å². The minimum absolute atomic E-state index is 0.163. The van der Waals surface area contributed by atoms with E-state index in [1.165, 1.54) is 0 Å². The summed E-state index contributed by atoms with van der Waals surface area (Å²) in [6.45, 7) is 0.251. The predicted molar refractivity (Wildman–Crippen MR) is 59.1 cm³/mol. The molecule has 0 fully saturated rings. The van der Waals surface area contributed by atoms with Crippen molar-refractivity contribution in [3.8, 4) is 11.5 Å². The second-order valence-electron chi connectivity index (χ2n) is 3.58. The molecule has 100 valence electrons. The SMILES string of the molecule is NCCc1nnc(-c2cc(F)c(F)cc2[N+](=O)[O-])o1. The first kappa shape index (κ1) is 13.0. The van der Waals surface area contributed by atoms with Crippen molar-refractivity contribution < 1.29 is 18.1 Å². The van der Waals surface area contributed by atoms with Gasteiger partial charge in [0.1, 0.15) is 5.56 Å². The molecule has 0 aliphatic rings. The lowest BCUT2D eigenvalue weighted by Gasteiger charge is -1.99. The minimum atomic E-state index is -1.32. The number of hydrogen-bond donors (Lipinski definition) is 1. The molecule has 0 bridgehead atoms. The molecule has 0 amide bonds. The molecule has 2 rings (SSSR count). The van der Waals surface area contributed by atoms with Crippen LogP contribution in [0.25, 0.3) is 11.5 Å². The van der Waals surface area contributed by atoms with Crippen LogP contribution in [-0.2, 0) is 6.42 Å². The van der Waals surface area contributed by atoms with Crippen molar-refractivity contribution >= 4 is 5.69 Å². The average molecular weight is 270 g/mol. The smallest absolute Gasteiger partial charge is 0.285 e. The lowest BCUT2D eigenvalue weighted by Crippen LogP contribution is -2.02. The molecule has 0 atom stereocenters. The third kappa shape index (κ3) is 2.55. The molecule has 1 aromatic carbocycles. The quantitative estimate of drug-likeness (QED) is 0.664. The summed E-state index contributed by atoms with van der Waals surface area (Å²) in [7, 11) is 0. The summed E-state index contributed by atoms with van der Waals surface area (Å²) in [6, 6.07) is 1.12. The number of nitrogens with zero attached hydrogens (tertiary/aromatic N) is 3. The maximum absolute atomic E-state index is 13.2. The van der Waals surface area contributed by atoms with E-state index in [0.29, 0.717) is 12.1 Å². The van der Waals surface area contributed by atoms with Gasteiger partial charge < -0.3 is 10.2 Å². The number of rotatable bonds is 4. The van der Waals surface area contributed by atoms with E-state index in [4.69, 9.17) is 10.2 Å². The number of nitro benzene ring substituents is 1. The molecule has 9 heteroatoms. The van der Waals surface area contributed by atoms with Crippen molar-refractivity contribution in [1.29, 1.82) is 0 Å². The zero-order valence-corrected chi connectivity index (χ0v) is 9.47. The monoisotopic (exact) mass is 270 g/mol. The first-order valence-electron chi connectivity index (χ1n) is 5.19. The van der Waals surface area contributed by atoms with Crippen LogP contribution in [-0.4, -0.2) is 21.7 Å². The Morgan fingerprint density at radius 1 is 1.32 bits per heavy atom. The molecular weight excluding hydrogens is 262 g/mol. The van der Waals surface area contributed by atoms with Gasteiger partial charge in [-0.05, 0) is 6.07 Å². The third-order valence-corrected chi connectivity index (χ3v) is 2.29. The fourth-order valence-electron chi connectivity index (χ4n) is 1.45. The highest BCUT2D eigenvalue weighted by molar-refractivity contribution is 5.66. The summed E-state index contributed by atoms with van der Waals surface area (Å²) in [6.07, 6.45) is 0.282. The van der Waals surface area contributed by atoms with Crippen molar-refractivity contribution in [3.63, 3.8) is 0 Å². The van der Waals surface area contributed by atoms with Crippen molar-refractivity contribution in [1.82, 2.24) is 10.2 Å². The van der Waals surface area contributed by atoms with E-state index in [2.05, 4.69) is 10.2 Å². The van der Waals surface area contributed by atoms with Crippen LogP contribution in [0.4, 0.5) is 14.5 Å². The molecule has 0 aliphatic carbocycles. The largest absolute Gasteiger partial charge is 0.420 e. The summed E-state index contributed by atoms with van der Waals surface area (Å²) >= 11 is 0. The normalized spacial score (nSPS) is 10.7. The second kappa shape index (κ2) is 5.06. The Kier molecular flexibility index (Phi) is 3.47. The fraction of sp³-hybridized carbons (Fsp3) is 0.200. The van der Waals surface area contributed by atoms with Crippen molar-refractivity contribution in [2.24, 2.45) is 5.73 Å². The van der Waals surface area contributed by atoms with Gasteiger partial charge in [0.15, 0.2) is 11.6 Å². The number of aromatic nitrogens is 2. The minimum Gasteiger partial charge on any atom is -0.420 e. The number of nitrogens with two attached hydrogens (primary N) is 1. The fourth-order valence-corrected chi connectivity index (χ4v) is 1.45. The van der Waals surface area contributed by atoms with E-state index < -0.39 is 22.2 Å². The van der Waals surface area contributed by atoms with Crippen LogP contribution in [0, 0.1) is 21.7 Å². The topological polar surface area (TPSA) is 108 Å². The Hall–Kier alpha value is -2.42. The van der Waals surface area contributed by atoms with Crippen LogP contribution >= 0.6 is 0 Å². The van der Waals surface area contributed by atoms with Crippen LogP contribution in [0.3, 0.4) is 0 Å². The van der Waals surface area contributed by atoms with Gasteiger partial charge in [-0.3, -0.25) is 10.1 Å². The van der Waals surface area contributed by atoms with Gasteiger partial charge in [-0.25, -0.2) is 8.78 Å². The Balaban J connectivity index is 2.53. The van der Waals surface area contributed by atoms with E-state index in [9.17, 15) is 18.9 Å². The average Bonchev–Trinajstić information content (AvgIpc) is 2.81. The van der Waals surface area contributed by atoms with Gasteiger partial charge in [0, 0.05) is 13.0 Å².